The van der Waals surface area contributed by atoms with Gasteiger partial charge in [-0.25, -0.2) is 0 Å². The smallest absolute Gasteiger partial charge is 0.244 e. The minimum atomic E-state index is -0.0126. The molecule has 0 unspecified atom stereocenters. The molecule has 1 N–H and O–H groups in total. The Morgan fingerprint density at radius 2 is 2.29 bits per heavy atom. The third-order valence-corrected chi connectivity index (χ3v) is 3.33. The van der Waals surface area contributed by atoms with E-state index in [1.165, 1.54) is 0 Å². The highest BCUT2D eigenvalue weighted by Crippen LogP contribution is 2.34. The van der Waals surface area contributed by atoms with E-state index in [2.05, 4.69) is 5.32 Å². The molecule has 0 aromatic heterocycles. The van der Waals surface area contributed by atoms with E-state index >= 15 is 0 Å². The Hall–Kier alpha value is -0.830. The minimum Gasteiger partial charge on any atom is -0.384 e. The van der Waals surface area contributed by atoms with E-state index in [1.54, 1.807) is 13.2 Å². The van der Waals surface area contributed by atoms with Crippen LogP contribution in [0, 0.1) is 5.92 Å². The Balaban J connectivity index is 1.90. The van der Waals surface area contributed by atoms with Gasteiger partial charge in [-0.15, -0.1) is 0 Å². The number of nitrogens with one attached hydrogen (secondary N) is 1. The molecule has 78 valence electrons. The molecule has 2 aliphatic rings. The molecule has 1 heterocycles. The molecule has 3 heteroatoms. The Labute approximate surface area is 84.5 Å². The first kappa shape index (κ1) is 9.71. The monoisotopic (exact) mass is 195 g/mol. The second-order valence-electron chi connectivity index (χ2n) is 4.38. The molecule has 1 aliphatic heterocycles. The van der Waals surface area contributed by atoms with Gasteiger partial charge in [-0.05, 0) is 31.6 Å². The molecule has 1 amide bonds. The van der Waals surface area contributed by atoms with Crippen LogP contribution in [0.15, 0.2) is 12.2 Å². The third-order valence-electron chi connectivity index (χ3n) is 3.33. The molecule has 1 fully saturated rings. The average molecular weight is 195 g/mol. The number of amides is 1. The van der Waals surface area contributed by atoms with Crippen molar-refractivity contribution in [3.63, 3.8) is 0 Å². The van der Waals surface area contributed by atoms with Crippen molar-refractivity contribution in [3.05, 3.63) is 12.2 Å². The van der Waals surface area contributed by atoms with Crippen LogP contribution in [0.4, 0.5) is 0 Å². The van der Waals surface area contributed by atoms with E-state index < -0.39 is 0 Å². The zero-order chi connectivity index (χ0) is 10.0. The Bertz CT molecular complexity index is 252. The second kappa shape index (κ2) is 3.73. The van der Waals surface area contributed by atoms with Gasteiger partial charge >= 0.3 is 0 Å². The van der Waals surface area contributed by atoms with Crippen molar-refractivity contribution >= 4 is 5.91 Å². The largest absolute Gasteiger partial charge is 0.384 e. The van der Waals surface area contributed by atoms with Crippen molar-refractivity contribution in [1.29, 1.82) is 0 Å². The fraction of sp³-hybridized carbons (Fsp3) is 0.727. The minimum absolute atomic E-state index is 0.0126. The molecule has 0 radical (unpaired) electrons. The van der Waals surface area contributed by atoms with Crippen LogP contribution in [-0.4, -0.2) is 25.2 Å². The molecule has 2 rings (SSSR count). The fourth-order valence-corrected chi connectivity index (χ4v) is 2.45. The summed E-state index contributed by atoms with van der Waals surface area (Å²) < 4.78 is 5.15. The van der Waals surface area contributed by atoms with E-state index in [4.69, 9.17) is 4.74 Å². The number of ether oxygens (including phenoxy) is 1. The molecule has 0 bridgehead atoms. The summed E-state index contributed by atoms with van der Waals surface area (Å²) in [7, 11) is 1.75. The maximum absolute atomic E-state index is 11.1. The fourth-order valence-electron chi connectivity index (χ4n) is 2.45. The SMILES string of the molecule is COCC1CCC2(C=CC(=O)N2)CC1. The summed E-state index contributed by atoms with van der Waals surface area (Å²) in [6, 6.07) is 0. The Kier molecular flexibility index (Phi) is 2.59. The van der Waals surface area contributed by atoms with E-state index in [0.29, 0.717) is 5.92 Å². The van der Waals surface area contributed by atoms with Gasteiger partial charge in [0.1, 0.15) is 0 Å². The average Bonchev–Trinajstić information content (AvgIpc) is 2.53. The van der Waals surface area contributed by atoms with Gasteiger partial charge in [0.25, 0.3) is 0 Å². The lowest BCUT2D eigenvalue weighted by Crippen LogP contribution is -2.45. The third kappa shape index (κ3) is 1.82. The van der Waals surface area contributed by atoms with Crippen molar-refractivity contribution in [2.75, 3.05) is 13.7 Å². The van der Waals surface area contributed by atoms with Crippen molar-refractivity contribution in [3.8, 4) is 0 Å². The molecule has 0 atom stereocenters. The van der Waals surface area contributed by atoms with E-state index in [9.17, 15) is 4.79 Å². The van der Waals surface area contributed by atoms with Crippen LogP contribution >= 0.6 is 0 Å². The van der Waals surface area contributed by atoms with Gasteiger partial charge in [0.15, 0.2) is 0 Å². The van der Waals surface area contributed by atoms with Gasteiger partial charge in [0.05, 0.1) is 5.54 Å². The highest BCUT2D eigenvalue weighted by Gasteiger charge is 2.36. The summed E-state index contributed by atoms with van der Waals surface area (Å²) in [4.78, 5) is 11.1. The van der Waals surface area contributed by atoms with Crippen LogP contribution in [0.5, 0.6) is 0 Å². The molecular formula is C11H17NO2. The number of rotatable bonds is 2. The molecule has 3 nitrogen and oxygen atoms in total. The molecule has 0 saturated heterocycles. The lowest BCUT2D eigenvalue weighted by Gasteiger charge is -2.35. The Morgan fingerprint density at radius 1 is 1.57 bits per heavy atom. The highest BCUT2D eigenvalue weighted by atomic mass is 16.5. The van der Waals surface area contributed by atoms with Crippen LogP contribution in [0.25, 0.3) is 0 Å². The highest BCUT2D eigenvalue weighted by molar-refractivity contribution is 5.91. The van der Waals surface area contributed by atoms with Gasteiger partial charge in [0.2, 0.25) is 5.91 Å². The van der Waals surface area contributed by atoms with Gasteiger partial charge in [-0.2, -0.15) is 0 Å². The summed E-state index contributed by atoms with van der Waals surface area (Å²) in [6.07, 6.45) is 8.12. The molecule has 14 heavy (non-hydrogen) atoms. The first-order valence-corrected chi connectivity index (χ1v) is 5.24. The molecule has 0 aromatic carbocycles. The molecule has 1 aliphatic carbocycles. The normalized spacial score (nSPS) is 36.4. The number of hydrogen-bond donors (Lipinski definition) is 1. The first-order valence-electron chi connectivity index (χ1n) is 5.24. The van der Waals surface area contributed by atoms with Gasteiger partial charge in [0, 0.05) is 19.8 Å². The predicted octanol–water partition coefficient (Wildman–Crippen LogP) is 1.25. The summed E-state index contributed by atoms with van der Waals surface area (Å²) >= 11 is 0. The summed E-state index contributed by atoms with van der Waals surface area (Å²) in [5.74, 6) is 0.742. The Morgan fingerprint density at radius 3 is 2.79 bits per heavy atom. The molecule has 0 aromatic rings. The second-order valence-corrected chi connectivity index (χ2v) is 4.38. The standard InChI is InChI=1S/C11H17NO2/c1-14-8-9-2-5-11(6-3-9)7-4-10(13)12-11/h4,7,9H,2-3,5-6,8H2,1H3,(H,12,13). The van der Waals surface area contributed by atoms with Crippen LogP contribution in [0.2, 0.25) is 0 Å². The van der Waals surface area contributed by atoms with Crippen LogP contribution in [0.3, 0.4) is 0 Å². The maximum atomic E-state index is 11.1. The number of hydrogen-bond acceptors (Lipinski definition) is 2. The summed E-state index contributed by atoms with van der Waals surface area (Å²) in [6.45, 7) is 0.855. The van der Waals surface area contributed by atoms with Gasteiger partial charge < -0.3 is 10.1 Å². The van der Waals surface area contributed by atoms with E-state index in [1.807, 2.05) is 6.08 Å². The first-order chi connectivity index (χ1) is 6.74. The predicted molar refractivity (Wildman–Crippen MR) is 53.8 cm³/mol. The topological polar surface area (TPSA) is 38.3 Å². The number of methoxy groups -OCH3 is 1. The molecule has 1 spiro atoms. The van der Waals surface area contributed by atoms with Crippen LogP contribution in [-0.2, 0) is 9.53 Å². The number of carbonyl (C=O) groups excluding carboxylic acids is 1. The summed E-state index contributed by atoms with van der Waals surface area (Å²) in [5.41, 5.74) is -0.0126. The quantitative estimate of drug-likeness (QED) is 0.720. The lowest BCUT2D eigenvalue weighted by molar-refractivity contribution is -0.117. The van der Waals surface area contributed by atoms with Crippen molar-refractivity contribution in [1.82, 2.24) is 5.32 Å². The van der Waals surface area contributed by atoms with Crippen LogP contribution in [0.1, 0.15) is 25.7 Å². The van der Waals surface area contributed by atoms with Crippen molar-refractivity contribution in [2.45, 2.75) is 31.2 Å². The lowest BCUT2D eigenvalue weighted by atomic mass is 9.77. The van der Waals surface area contributed by atoms with Crippen molar-refractivity contribution in [2.24, 2.45) is 5.92 Å². The van der Waals surface area contributed by atoms with Crippen molar-refractivity contribution < 1.29 is 9.53 Å². The number of carbonyl (C=O) groups is 1. The zero-order valence-electron chi connectivity index (χ0n) is 8.58. The van der Waals surface area contributed by atoms with Crippen LogP contribution < -0.4 is 5.32 Å². The molecular weight excluding hydrogens is 178 g/mol. The zero-order valence-corrected chi connectivity index (χ0v) is 8.58. The molecule has 1 saturated carbocycles. The summed E-state index contributed by atoms with van der Waals surface area (Å²) in [5, 5.41) is 3.04. The van der Waals surface area contributed by atoms with E-state index in [0.717, 1.165) is 32.3 Å². The van der Waals surface area contributed by atoms with Gasteiger partial charge in [-0.1, -0.05) is 6.08 Å². The van der Waals surface area contributed by atoms with E-state index in [-0.39, 0.29) is 11.4 Å². The maximum Gasteiger partial charge on any atom is 0.244 e. The van der Waals surface area contributed by atoms with Gasteiger partial charge in [-0.3, -0.25) is 4.79 Å².